The number of fused-ring (bicyclic) bond motifs is 1. The molecule has 1 aliphatic rings. The van der Waals surface area contributed by atoms with Crippen LogP contribution in [0.1, 0.15) is 33.8 Å². The molecule has 21 heavy (non-hydrogen) atoms. The van der Waals surface area contributed by atoms with Crippen LogP contribution in [0.15, 0.2) is 42.5 Å². The number of Topliss-reactive ketones (excluding diaryl/α,β-unsaturated/α-hetero) is 1. The first-order valence-electron chi connectivity index (χ1n) is 6.64. The fourth-order valence-corrected chi connectivity index (χ4v) is 2.80. The number of nitro groups is 1. The predicted molar refractivity (Wildman–Crippen MR) is 74.9 cm³/mol. The number of benzene rings is 2. The van der Waals surface area contributed by atoms with Gasteiger partial charge in [-0.25, -0.2) is 0 Å². The minimum Gasteiger partial charge on any atom is -0.293 e. The summed E-state index contributed by atoms with van der Waals surface area (Å²) >= 11 is 0. The number of halogens is 1. The maximum atomic E-state index is 13.7. The van der Waals surface area contributed by atoms with E-state index in [4.69, 9.17) is 0 Å². The van der Waals surface area contributed by atoms with Gasteiger partial charge < -0.3 is 0 Å². The second-order valence-corrected chi connectivity index (χ2v) is 5.08. The van der Waals surface area contributed by atoms with E-state index >= 15 is 0 Å². The normalized spacial score (nSPS) is 17.4. The number of rotatable bonds is 2. The van der Waals surface area contributed by atoms with Crippen molar-refractivity contribution in [3.8, 4) is 0 Å². The molecule has 0 amide bonds. The Kier molecular flexibility index (Phi) is 3.25. The number of ketones is 1. The number of hydrogen-bond donors (Lipinski definition) is 0. The third kappa shape index (κ3) is 2.31. The van der Waals surface area contributed by atoms with Crippen LogP contribution in [0.4, 0.5) is 10.1 Å². The van der Waals surface area contributed by atoms with Crippen LogP contribution in [0.2, 0.25) is 0 Å². The molecule has 0 saturated heterocycles. The van der Waals surface area contributed by atoms with Gasteiger partial charge in [-0.1, -0.05) is 30.3 Å². The van der Waals surface area contributed by atoms with Crippen molar-refractivity contribution in [1.82, 2.24) is 0 Å². The zero-order valence-corrected chi connectivity index (χ0v) is 11.1. The van der Waals surface area contributed by atoms with Crippen molar-refractivity contribution < 1.29 is 14.1 Å². The first kappa shape index (κ1) is 13.4. The molecule has 0 aromatic heterocycles. The molecule has 0 radical (unpaired) electrons. The Labute approximate surface area is 120 Å². The molecule has 2 aromatic carbocycles. The summed E-state index contributed by atoms with van der Waals surface area (Å²) in [6.45, 7) is 0. The summed E-state index contributed by atoms with van der Waals surface area (Å²) < 4.78 is 13.7. The molecule has 4 nitrogen and oxygen atoms in total. The molecule has 0 bridgehead atoms. The third-order valence-electron chi connectivity index (χ3n) is 3.87. The summed E-state index contributed by atoms with van der Waals surface area (Å²) in [6, 6.07) is 11.1. The molecular formula is C16H12FNO3. The molecule has 0 fully saturated rings. The highest BCUT2D eigenvalue weighted by Crippen LogP contribution is 2.34. The number of nitrogens with zero attached hydrogens (tertiary/aromatic N) is 1. The molecule has 0 aliphatic heterocycles. The van der Waals surface area contributed by atoms with Crippen LogP contribution in [0.25, 0.3) is 0 Å². The van der Waals surface area contributed by atoms with Crippen molar-refractivity contribution in [2.75, 3.05) is 0 Å². The lowest BCUT2D eigenvalue weighted by molar-refractivity contribution is -0.387. The van der Waals surface area contributed by atoms with Gasteiger partial charge >= 0.3 is 5.69 Å². The van der Waals surface area contributed by atoms with Gasteiger partial charge in [-0.3, -0.25) is 14.9 Å². The van der Waals surface area contributed by atoms with E-state index in [0.717, 1.165) is 24.1 Å². The van der Waals surface area contributed by atoms with Crippen molar-refractivity contribution in [3.05, 3.63) is 75.1 Å². The van der Waals surface area contributed by atoms with Crippen LogP contribution in [-0.4, -0.2) is 10.7 Å². The van der Waals surface area contributed by atoms with Gasteiger partial charge in [0.15, 0.2) is 5.78 Å². The Morgan fingerprint density at radius 2 is 1.95 bits per heavy atom. The van der Waals surface area contributed by atoms with Crippen LogP contribution in [0, 0.1) is 15.9 Å². The SMILES string of the molecule is O=C1c2ccccc2CC[C@@H]1c1ccc([N+](=O)[O-])c(F)c1. The van der Waals surface area contributed by atoms with E-state index in [2.05, 4.69) is 0 Å². The second-order valence-electron chi connectivity index (χ2n) is 5.08. The molecule has 0 spiro atoms. The number of carbonyl (C=O) groups is 1. The first-order chi connectivity index (χ1) is 10.1. The molecule has 3 rings (SSSR count). The van der Waals surface area contributed by atoms with Crippen LogP contribution in [-0.2, 0) is 6.42 Å². The van der Waals surface area contributed by atoms with Gasteiger partial charge in [0, 0.05) is 17.5 Å². The molecule has 5 heteroatoms. The van der Waals surface area contributed by atoms with Gasteiger partial charge in [-0.15, -0.1) is 0 Å². The van der Waals surface area contributed by atoms with E-state index < -0.39 is 22.3 Å². The number of carbonyl (C=O) groups excluding carboxylic acids is 1. The lowest BCUT2D eigenvalue weighted by atomic mass is 9.79. The van der Waals surface area contributed by atoms with E-state index in [1.807, 2.05) is 12.1 Å². The summed E-state index contributed by atoms with van der Waals surface area (Å²) in [7, 11) is 0. The van der Waals surface area contributed by atoms with Crippen LogP contribution >= 0.6 is 0 Å². The van der Waals surface area contributed by atoms with E-state index in [1.54, 1.807) is 12.1 Å². The maximum absolute atomic E-state index is 13.7. The Morgan fingerprint density at radius 3 is 2.67 bits per heavy atom. The topological polar surface area (TPSA) is 60.2 Å². The molecule has 2 aromatic rings. The van der Waals surface area contributed by atoms with Crippen molar-refractivity contribution in [2.45, 2.75) is 18.8 Å². The minimum atomic E-state index is -0.899. The third-order valence-corrected chi connectivity index (χ3v) is 3.87. The van der Waals surface area contributed by atoms with Crippen molar-refractivity contribution in [1.29, 1.82) is 0 Å². The van der Waals surface area contributed by atoms with E-state index in [-0.39, 0.29) is 5.78 Å². The molecule has 1 atom stereocenters. The van der Waals surface area contributed by atoms with Crippen LogP contribution < -0.4 is 0 Å². The van der Waals surface area contributed by atoms with Crippen molar-refractivity contribution in [2.24, 2.45) is 0 Å². The van der Waals surface area contributed by atoms with E-state index in [9.17, 15) is 19.3 Å². The Morgan fingerprint density at radius 1 is 1.19 bits per heavy atom. The fraction of sp³-hybridized carbons (Fsp3) is 0.188. The van der Waals surface area contributed by atoms with Gasteiger partial charge in [-0.2, -0.15) is 4.39 Å². The zero-order valence-electron chi connectivity index (χ0n) is 11.1. The molecule has 0 N–H and O–H groups in total. The average molecular weight is 285 g/mol. The molecule has 1 aliphatic carbocycles. The molecular weight excluding hydrogens is 273 g/mol. The monoisotopic (exact) mass is 285 g/mol. The maximum Gasteiger partial charge on any atom is 0.304 e. The second kappa shape index (κ2) is 5.09. The summed E-state index contributed by atoms with van der Waals surface area (Å²) in [4.78, 5) is 22.4. The molecule has 0 unspecified atom stereocenters. The zero-order chi connectivity index (χ0) is 15.0. The lowest BCUT2D eigenvalue weighted by Gasteiger charge is -2.23. The average Bonchev–Trinajstić information content (AvgIpc) is 2.47. The quantitative estimate of drug-likeness (QED) is 0.625. The van der Waals surface area contributed by atoms with Gasteiger partial charge in [-0.05, 0) is 30.0 Å². The highest BCUT2D eigenvalue weighted by Gasteiger charge is 2.29. The Balaban J connectivity index is 1.97. The van der Waals surface area contributed by atoms with Gasteiger partial charge in [0.05, 0.1) is 4.92 Å². The summed E-state index contributed by atoms with van der Waals surface area (Å²) in [5.41, 5.74) is 1.59. The summed E-state index contributed by atoms with van der Waals surface area (Å²) in [6.07, 6.45) is 1.33. The number of hydrogen-bond acceptors (Lipinski definition) is 3. The standard InChI is InChI=1S/C16H12FNO3/c17-14-9-11(6-8-15(14)18(20)21)13-7-5-10-3-1-2-4-12(10)16(13)19/h1-4,6,8-9,13H,5,7H2/t13-/m1/s1. The molecule has 106 valence electrons. The van der Waals surface area contributed by atoms with Crippen LogP contribution in [0.3, 0.4) is 0 Å². The molecule has 0 saturated carbocycles. The van der Waals surface area contributed by atoms with E-state index in [1.165, 1.54) is 6.07 Å². The Bertz CT molecular complexity index is 742. The fourth-order valence-electron chi connectivity index (χ4n) is 2.80. The largest absolute Gasteiger partial charge is 0.304 e. The highest BCUT2D eigenvalue weighted by atomic mass is 19.1. The number of nitro benzene ring substituents is 1. The van der Waals surface area contributed by atoms with Gasteiger partial charge in [0.25, 0.3) is 0 Å². The summed E-state index contributed by atoms with van der Waals surface area (Å²) in [5, 5.41) is 10.6. The van der Waals surface area contributed by atoms with Gasteiger partial charge in [0.2, 0.25) is 5.82 Å². The smallest absolute Gasteiger partial charge is 0.293 e. The predicted octanol–water partition coefficient (Wildman–Crippen LogP) is 3.65. The summed E-state index contributed by atoms with van der Waals surface area (Å²) in [5.74, 6) is -1.38. The van der Waals surface area contributed by atoms with Crippen molar-refractivity contribution >= 4 is 11.5 Å². The number of aryl methyl sites for hydroxylation is 1. The van der Waals surface area contributed by atoms with Crippen LogP contribution in [0.5, 0.6) is 0 Å². The van der Waals surface area contributed by atoms with E-state index in [0.29, 0.717) is 17.5 Å². The van der Waals surface area contributed by atoms with Gasteiger partial charge in [0.1, 0.15) is 0 Å². The minimum absolute atomic E-state index is 0.0508. The molecule has 0 heterocycles. The highest BCUT2D eigenvalue weighted by molar-refractivity contribution is 6.03. The lowest BCUT2D eigenvalue weighted by Crippen LogP contribution is -2.21. The van der Waals surface area contributed by atoms with Crippen molar-refractivity contribution in [3.63, 3.8) is 0 Å². The first-order valence-corrected chi connectivity index (χ1v) is 6.64. The Hall–Kier alpha value is -2.56.